The molecule has 4 heteroatoms. The molecular formula is C25H50N2O2. The molecule has 3 N–H and O–H groups in total. The summed E-state index contributed by atoms with van der Waals surface area (Å²) in [4.78, 5) is 12.4. The molecule has 1 rings (SSSR count). The molecule has 0 aromatic carbocycles. The second-order valence-electron chi connectivity index (χ2n) is 9.27. The fourth-order valence-electron chi connectivity index (χ4n) is 4.26. The van der Waals surface area contributed by atoms with E-state index in [1.807, 2.05) is 0 Å². The molecule has 0 spiro atoms. The topological polar surface area (TPSA) is 64.3 Å². The van der Waals surface area contributed by atoms with E-state index in [0.717, 1.165) is 25.8 Å². The molecular weight excluding hydrogens is 360 g/mol. The second-order valence-corrected chi connectivity index (χ2v) is 9.27. The number of ketones is 1. The lowest BCUT2D eigenvalue weighted by molar-refractivity contribution is -0.144. The molecule has 0 aromatic heterocycles. The molecule has 4 nitrogen and oxygen atoms in total. The van der Waals surface area contributed by atoms with Gasteiger partial charge >= 0.3 is 0 Å². The minimum absolute atomic E-state index is 0.00601. The fourth-order valence-corrected chi connectivity index (χ4v) is 4.26. The van der Waals surface area contributed by atoms with Gasteiger partial charge in [-0.2, -0.15) is 0 Å². The van der Waals surface area contributed by atoms with Crippen molar-refractivity contribution in [1.29, 1.82) is 0 Å². The number of nitrogens with two attached hydrogens (primary N) is 1. The van der Waals surface area contributed by atoms with E-state index >= 15 is 0 Å². The van der Waals surface area contributed by atoms with E-state index in [-0.39, 0.29) is 11.8 Å². The first kappa shape index (κ1) is 26.6. The van der Waals surface area contributed by atoms with Crippen molar-refractivity contribution >= 4 is 5.78 Å². The van der Waals surface area contributed by atoms with Crippen molar-refractivity contribution in [2.24, 2.45) is 5.73 Å². The van der Waals surface area contributed by atoms with Gasteiger partial charge < -0.3 is 10.1 Å². The molecule has 1 fully saturated rings. The first-order valence-electron chi connectivity index (χ1n) is 12.8. The number of nitrogens with one attached hydrogen (secondary N) is 1. The third-order valence-corrected chi connectivity index (χ3v) is 6.27. The second kappa shape index (κ2) is 17.3. The number of rotatable bonds is 20. The van der Waals surface area contributed by atoms with Gasteiger partial charge in [-0.15, -0.1) is 0 Å². The molecule has 1 saturated heterocycles. The van der Waals surface area contributed by atoms with Crippen molar-refractivity contribution < 1.29 is 9.53 Å². The van der Waals surface area contributed by atoms with Crippen LogP contribution < -0.4 is 11.1 Å². The predicted molar refractivity (Wildman–Crippen MR) is 124 cm³/mol. The molecule has 1 unspecified atom stereocenters. The summed E-state index contributed by atoms with van der Waals surface area (Å²) < 4.78 is 5.71. The Hall–Kier alpha value is -0.450. The number of ether oxygens (including phenoxy) is 1. The van der Waals surface area contributed by atoms with Crippen LogP contribution in [0.5, 0.6) is 0 Å². The standard InChI is InChI=1S/C25H50N2O2/c1-3-4-5-6-7-8-9-10-11-12-13-14-15-16-17-18-22-29-25(2,26)24(28)23-20-19-21-27-23/h23,27H,3-22,26H2,1-2H3/t23-,25?/m0/s1. The van der Waals surface area contributed by atoms with Crippen LogP contribution in [0.2, 0.25) is 0 Å². The van der Waals surface area contributed by atoms with Gasteiger partial charge in [0.15, 0.2) is 11.5 Å². The van der Waals surface area contributed by atoms with Crippen LogP contribution in [0.1, 0.15) is 129 Å². The number of Topliss-reactive ketones (excluding diaryl/α,β-unsaturated/α-hetero) is 1. The highest BCUT2D eigenvalue weighted by Gasteiger charge is 2.36. The lowest BCUT2D eigenvalue weighted by Gasteiger charge is -2.26. The Balaban J connectivity index is 1.81. The highest BCUT2D eigenvalue weighted by atomic mass is 16.5. The lowest BCUT2D eigenvalue weighted by atomic mass is 10.0. The maximum absolute atomic E-state index is 12.4. The van der Waals surface area contributed by atoms with E-state index in [9.17, 15) is 4.79 Å². The van der Waals surface area contributed by atoms with Crippen LogP contribution in [0.25, 0.3) is 0 Å². The van der Waals surface area contributed by atoms with Crippen LogP contribution in [0.4, 0.5) is 0 Å². The summed E-state index contributed by atoms with van der Waals surface area (Å²) in [5.41, 5.74) is 4.95. The van der Waals surface area contributed by atoms with E-state index in [1.165, 1.54) is 96.3 Å². The summed E-state index contributed by atoms with van der Waals surface area (Å²) in [6.45, 7) is 5.49. The summed E-state index contributed by atoms with van der Waals surface area (Å²) in [5, 5.41) is 3.21. The zero-order valence-corrected chi connectivity index (χ0v) is 19.6. The van der Waals surface area contributed by atoms with Crippen molar-refractivity contribution in [3.63, 3.8) is 0 Å². The Kier molecular flexibility index (Phi) is 15.8. The Morgan fingerprint density at radius 3 is 1.72 bits per heavy atom. The zero-order chi connectivity index (χ0) is 21.2. The average Bonchev–Trinajstić information content (AvgIpc) is 3.24. The number of hydrogen-bond acceptors (Lipinski definition) is 4. The molecule has 0 radical (unpaired) electrons. The third kappa shape index (κ3) is 13.5. The SMILES string of the molecule is CCCCCCCCCCCCCCCCCCOC(C)(N)C(=O)[C@@H]1CCCN1. The predicted octanol–water partition coefficient (Wildman–Crippen LogP) is 6.26. The van der Waals surface area contributed by atoms with Crippen LogP contribution in [-0.4, -0.2) is 30.7 Å². The van der Waals surface area contributed by atoms with Crippen molar-refractivity contribution in [3.05, 3.63) is 0 Å². The molecule has 0 amide bonds. The monoisotopic (exact) mass is 410 g/mol. The molecule has 0 bridgehead atoms. The average molecular weight is 411 g/mol. The van der Waals surface area contributed by atoms with Gasteiger partial charge in [0, 0.05) is 6.61 Å². The quantitative estimate of drug-likeness (QED) is 0.184. The molecule has 1 aliphatic rings. The number of unbranched alkanes of at least 4 members (excludes halogenated alkanes) is 15. The lowest BCUT2D eigenvalue weighted by Crippen LogP contribution is -2.54. The Bertz CT molecular complexity index is 392. The van der Waals surface area contributed by atoms with Gasteiger partial charge in [0.05, 0.1) is 6.04 Å². The fraction of sp³-hybridized carbons (Fsp3) is 0.960. The van der Waals surface area contributed by atoms with Gasteiger partial charge in [-0.1, -0.05) is 103 Å². The normalized spacial score (nSPS) is 18.8. The van der Waals surface area contributed by atoms with Gasteiger partial charge in [-0.25, -0.2) is 0 Å². The molecule has 1 heterocycles. The molecule has 2 atom stereocenters. The maximum Gasteiger partial charge on any atom is 0.195 e. The summed E-state index contributed by atoms with van der Waals surface area (Å²) in [7, 11) is 0. The summed E-state index contributed by atoms with van der Waals surface area (Å²) in [6.07, 6.45) is 23.6. The van der Waals surface area contributed by atoms with Gasteiger partial charge in [-0.3, -0.25) is 10.5 Å². The zero-order valence-electron chi connectivity index (χ0n) is 19.6. The molecule has 29 heavy (non-hydrogen) atoms. The maximum atomic E-state index is 12.4. The molecule has 0 aromatic rings. The van der Waals surface area contributed by atoms with Crippen LogP contribution in [0.3, 0.4) is 0 Å². The largest absolute Gasteiger partial charge is 0.354 e. The van der Waals surface area contributed by atoms with Gasteiger partial charge in [0.2, 0.25) is 0 Å². The Labute approximate surface area is 181 Å². The van der Waals surface area contributed by atoms with Crippen LogP contribution >= 0.6 is 0 Å². The van der Waals surface area contributed by atoms with Crippen molar-refractivity contribution in [2.45, 2.75) is 141 Å². The highest BCUT2D eigenvalue weighted by Crippen LogP contribution is 2.16. The van der Waals surface area contributed by atoms with Gasteiger partial charge in [0.1, 0.15) is 0 Å². The van der Waals surface area contributed by atoms with Crippen molar-refractivity contribution in [2.75, 3.05) is 13.2 Å². The van der Waals surface area contributed by atoms with Crippen LogP contribution in [-0.2, 0) is 9.53 Å². The van der Waals surface area contributed by atoms with E-state index in [2.05, 4.69) is 12.2 Å². The minimum atomic E-state index is -1.14. The number of carbonyl (C=O) groups excluding carboxylic acids is 1. The minimum Gasteiger partial charge on any atom is -0.354 e. The van der Waals surface area contributed by atoms with E-state index in [4.69, 9.17) is 10.5 Å². The molecule has 0 aliphatic carbocycles. The number of carbonyl (C=O) groups is 1. The first-order valence-corrected chi connectivity index (χ1v) is 12.8. The van der Waals surface area contributed by atoms with Crippen LogP contribution in [0, 0.1) is 0 Å². The van der Waals surface area contributed by atoms with Gasteiger partial charge in [0.25, 0.3) is 0 Å². The molecule has 172 valence electrons. The van der Waals surface area contributed by atoms with Crippen molar-refractivity contribution in [3.8, 4) is 0 Å². The smallest absolute Gasteiger partial charge is 0.195 e. The van der Waals surface area contributed by atoms with Crippen molar-refractivity contribution in [1.82, 2.24) is 5.32 Å². The van der Waals surface area contributed by atoms with Crippen LogP contribution in [0.15, 0.2) is 0 Å². The third-order valence-electron chi connectivity index (χ3n) is 6.27. The van der Waals surface area contributed by atoms with E-state index in [0.29, 0.717) is 6.61 Å². The van der Waals surface area contributed by atoms with Gasteiger partial charge in [-0.05, 0) is 32.7 Å². The Morgan fingerprint density at radius 1 is 0.862 bits per heavy atom. The highest BCUT2D eigenvalue weighted by molar-refractivity contribution is 5.91. The summed E-state index contributed by atoms with van der Waals surface area (Å²) in [6, 6.07) is -0.115. The number of hydrogen-bond donors (Lipinski definition) is 2. The first-order chi connectivity index (χ1) is 14.1. The van der Waals surface area contributed by atoms with E-state index in [1.54, 1.807) is 6.92 Å². The van der Waals surface area contributed by atoms with E-state index < -0.39 is 5.72 Å². The summed E-state index contributed by atoms with van der Waals surface area (Å²) >= 11 is 0. The Morgan fingerprint density at radius 2 is 1.31 bits per heavy atom. The summed E-state index contributed by atoms with van der Waals surface area (Å²) in [5.74, 6) is 0.00601. The molecule has 0 saturated carbocycles. The molecule has 1 aliphatic heterocycles.